The molecule has 7 heteroatoms. The van der Waals surface area contributed by atoms with Crippen molar-refractivity contribution < 1.29 is 23.5 Å². The number of halogens is 2. The second-order valence-electron chi connectivity index (χ2n) is 5.30. The fourth-order valence-electron chi connectivity index (χ4n) is 2.00. The Morgan fingerprint density at radius 2 is 2.00 bits per heavy atom. The molecule has 26 heavy (non-hydrogen) atoms. The second-order valence-corrected chi connectivity index (χ2v) is 5.71. The van der Waals surface area contributed by atoms with Crippen molar-refractivity contribution in [1.29, 1.82) is 0 Å². The Kier molecular flexibility index (Phi) is 6.74. The van der Waals surface area contributed by atoms with E-state index in [-0.39, 0.29) is 10.7 Å². The van der Waals surface area contributed by atoms with Gasteiger partial charge in [0.1, 0.15) is 11.6 Å². The molecule has 0 bridgehead atoms. The van der Waals surface area contributed by atoms with Crippen molar-refractivity contribution in [2.24, 2.45) is 0 Å². The Bertz CT molecular complexity index is 838. The van der Waals surface area contributed by atoms with E-state index in [4.69, 9.17) is 21.1 Å². The van der Waals surface area contributed by atoms with Crippen LogP contribution in [0.25, 0.3) is 6.08 Å². The van der Waals surface area contributed by atoms with Gasteiger partial charge < -0.3 is 14.8 Å². The Labute approximate surface area is 155 Å². The molecule has 0 aliphatic heterocycles. The summed E-state index contributed by atoms with van der Waals surface area (Å²) in [4.78, 5) is 23.9. The Morgan fingerprint density at radius 1 is 1.23 bits per heavy atom. The minimum absolute atomic E-state index is 0.0507. The van der Waals surface area contributed by atoms with Crippen LogP contribution in [0.2, 0.25) is 5.02 Å². The Balaban J connectivity index is 1.93. The van der Waals surface area contributed by atoms with E-state index in [0.29, 0.717) is 5.75 Å². The molecule has 0 spiro atoms. The Hall–Kier alpha value is -2.86. The van der Waals surface area contributed by atoms with Crippen LogP contribution < -0.4 is 10.1 Å². The van der Waals surface area contributed by atoms with Crippen LogP contribution in [0.15, 0.2) is 48.5 Å². The van der Waals surface area contributed by atoms with Crippen LogP contribution in [-0.2, 0) is 14.3 Å². The maximum absolute atomic E-state index is 13.0. The number of carbonyl (C=O) groups is 2. The van der Waals surface area contributed by atoms with Gasteiger partial charge in [0.15, 0.2) is 6.10 Å². The zero-order valence-corrected chi connectivity index (χ0v) is 14.9. The van der Waals surface area contributed by atoms with E-state index in [9.17, 15) is 14.0 Å². The molecular weight excluding hydrogens is 361 g/mol. The van der Waals surface area contributed by atoms with Crippen LogP contribution in [0.4, 0.5) is 10.1 Å². The molecule has 0 radical (unpaired) electrons. The monoisotopic (exact) mass is 377 g/mol. The average Bonchev–Trinajstić information content (AvgIpc) is 2.62. The van der Waals surface area contributed by atoms with E-state index in [1.807, 2.05) is 0 Å². The molecule has 0 aromatic heterocycles. The van der Waals surface area contributed by atoms with Gasteiger partial charge in [0.25, 0.3) is 5.91 Å². The molecule has 1 atom stereocenters. The third-order valence-corrected chi connectivity index (χ3v) is 3.67. The minimum atomic E-state index is -1.06. The van der Waals surface area contributed by atoms with Crippen molar-refractivity contribution >= 4 is 35.2 Å². The summed E-state index contributed by atoms with van der Waals surface area (Å²) in [5.74, 6) is -1.12. The van der Waals surface area contributed by atoms with Crippen LogP contribution in [0.5, 0.6) is 5.75 Å². The molecule has 0 aliphatic carbocycles. The van der Waals surface area contributed by atoms with Crippen molar-refractivity contribution in [3.8, 4) is 5.75 Å². The quantitative estimate of drug-likeness (QED) is 0.608. The molecule has 0 aliphatic rings. The maximum Gasteiger partial charge on any atom is 0.331 e. The van der Waals surface area contributed by atoms with Gasteiger partial charge in [-0.1, -0.05) is 23.7 Å². The molecule has 2 aromatic carbocycles. The summed E-state index contributed by atoms with van der Waals surface area (Å²) in [5, 5.41) is 2.53. The highest BCUT2D eigenvalue weighted by atomic mass is 35.5. The van der Waals surface area contributed by atoms with Crippen LogP contribution in [-0.4, -0.2) is 25.1 Å². The molecule has 0 saturated carbocycles. The summed E-state index contributed by atoms with van der Waals surface area (Å²) in [6.07, 6.45) is 1.70. The number of rotatable bonds is 6. The van der Waals surface area contributed by atoms with Gasteiger partial charge in [-0.3, -0.25) is 4.79 Å². The molecule has 2 aromatic rings. The highest BCUT2D eigenvalue weighted by Gasteiger charge is 2.17. The highest BCUT2D eigenvalue weighted by Crippen LogP contribution is 2.22. The van der Waals surface area contributed by atoms with Gasteiger partial charge in [-0.05, 0) is 48.9 Å². The number of anilines is 1. The number of esters is 1. The van der Waals surface area contributed by atoms with Crippen LogP contribution >= 0.6 is 11.6 Å². The van der Waals surface area contributed by atoms with E-state index < -0.39 is 23.8 Å². The molecule has 0 saturated heterocycles. The standard InChI is InChI=1S/C19H17ClFNO4/c1-12(19(24)22-17-8-7-14(21)11-16(17)20)26-18(23)9-6-13-4-3-5-15(10-13)25-2/h3-12H,1-2H3,(H,22,24)/b9-6+/t12-/m1/s1. The largest absolute Gasteiger partial charge is 0.497 e. The van der Waals surface area contributed by atoms with E-state index in [2.05, 4.69) is 5.32 Å². The van der Waals surface area contributed by atoms with Crippen molar-refractivity contribution in [2.45, 2.75) is 13.0 Å². The van der Waals surface area contributed by atoms with Gasteiger partial charge in [0, 0.05) is 6.08 Å². The molecule has 2 rings (SSSR count). The fourth-order valence-corrected chi connectivity index (χ4v) is 2.22. The topological polar surface area (TPSA) is 64.6 Å². The summed E-state index contributed by atoms with van der Waals surface area (Å²) in [6.45, 7) is 1.42. The lowest BCUT2D eigenvalue weighted by Crippen LogP contribution is -2.29. The first-order valence-corrected chi connectivity index (χ1v) is 8.05. The summed E-state index contributed by atoms with van der Waals surface area (Å²) in [5.41, 5.74) is 0.976. The number of nitrogens with one attached hydrogen (secondary N) is 1. The first-order valence-electron chi connectivity index (χ1n) is 7.67. The fraction of sp³-hybridized carbons (Fsp3) is 0.158. The van der Waals surface area contributed by atoms with Crippen LogP contribution in [0.1, 0.15) is 12.5 Å². The molecule has 136 valence electrons. The summed E-state index contributed by atoms with van der Waals surface area (Å²) >= 11 is 5.84. The molecule has 1 N–H and O–H groups in total. The average molecular weight is 378 g/mol. The number of methoxy groups -OCH3 is 1. The first kappa shape index (κ1) is 19.5. The second kappa shape index (κ2) is 9.01. The van der Waals surface area contributed by atoms with E-state index in [0.717, 1.165) is 17.7 Å². The van der Waals surface area contributed by atoms with Gasteiger partial charge in [0.05, 0.1) is 17.8 Å². The lowest BCUT2D eigenvalue weighted by atomic mass is 10.2. The lowest BCUT2D eigenvalue weighted by molar-refractivity contribution is -0.148. The van der Waals surface area contributed by atoms with Gasteiger partial charge >= 0.3 is 5.97 Å². The number of benzene rings is 2. The van der Waals surface area contributed by atoms with Crippen LogP contribution in [0.3, 0.4) is 0 Å². The van der Waals surface area contributed by atoms with Crippen molar-refractivity contribution in [3.05, 3.63) is 64.9 Å². The number of hydrogen-bond acceptors (Lipinski definition) is 4. The molecular formula is C19H17ClFNO4. The van der Waals surface area contributed by atoms with E-state index in [1.165, 1.54) is 19.1 Å². The summed E-state index contributed by atoms with van der Waals surface area (Å²) in [6, 6.07) is 10.7. The normalized spacial score (nSPS) is 11.8. The zero-order valence-electron chi connectivity index (χ0n) is 14.2. The third kappa shape index (κ3) is 5.60. The maximum atomic E-state index is 13.0. The first-order chi connectivity index (χ1) is 12.4. The molecule has 0 fully saturated rings. The number of carbonyl (C=O) groups excluding carboxylic acids is 2. The zero-order chi connectivity index (χ0) is 19.1. The molecule has 0 heterocycles. The summed E-state index contributed by atoms with van der Waals surface area (Å²) in [7, 11) is 1.55. The highest BCUT2D eigenvalue weighted by molar-refractivity contribution is 6.33. The van der Waals surface area contributed by atoms with Gasteiger partial charge in [0.2, 0.25) is 0 Å². The molecule has 1 amide bonds. The smallest absolute Gasteiger partial charge is 0.331 e. The minimum Gasteiger partial charge on any atom is -0.497 e. The van der Waals surface area contributed by atoms with Crippen molar-refractivity contribution in [3.63, 3.8) is 0 Å². The van der Waals surface area contributed by atoms with Crippen molar-refractivity contribution in [2.75, 3.05) is 12.4 Å². The lowest BCUT2D eigenvalue weighted by Gasteiger charge is -2.13. The van der Waals surface area contributed by atoms with Gasteiger partial charge in [-0.25, -0.2) is 9.18 Å². The predicted octanol–water partition coefficient (Wildman–Crippen LogP) is 4.07. The Morgan fingerprint density at radius 3 is 2.69 bits per heavy atom. The van der Waals surface area contributed by atoms with Crippen molar-refractivity contribution in [1.82, 2.24) is 0 Å². The number of ether oxygens (including phenoxy) is 2. The summed E-state index contributed by atoms with van der Waals surface area (Å²) < 4.78 is 23.1. The van der Waals surface area contributed by atoms with E-state index in [1.54, 1.807) is 37.5 Å². The van der Waals surface area contributed by atoms with Gasteiger partial charge in [-0.15, -0.1) is 0 Å². The van der Waals surface area contributed by atoms with Crippen LogP contribution in [0, 0.1) is 5.82 Å². The van der Waals surface area contributed by atoms with Gasteiger partial charge in [-0.2, -0.15) is 0 Å². The predicted molar refractivity (Wildman–Crippen MR) is 97.6 cm³/mol. The molecule has 5 nitrogen and oxygen atoms in total. The SMILES string of the molecule is COc1cccc(/C=C/C(=O)O[C@H](C)C(=O)Nc2ccc(F)cc2Cl)c1. The molecule has 0 unspecified atom stereocenters. The third-order valence-electron chi connectivity index (χ3n) is 3.36. The van der Waals surface area contributed by atoms with E-state index >= 15 is 0 Å². The number of hydrogen-bond donors (Lipinski definition) is 1. The number of amides is 1.